The first-order valence-corrected chi connectivity index (χ1v) is 9.95. The van der Waals surface area contributed by atoms with E-state index < -0.39 is 0 Å². The van der Waals surface area contributed by atoms with Crippen LogP contribution in [0, 0.1) is 18.8 Å². The summed E-state index contributed by atoms with van der Waals surface area (Å²) in [7, 11) is 0. The van der Waals surface area contributed by atoms with E-state index in [9.17, 15) is 4.79 Å². The van der Waals surface area contributed by atoms with Crippen molar-refractivity contribution >= 4 is 17.5 Å². The van der Waals surface area contributed by atoms with Crippen molar-refractivity contribution in [2.24, 2.45) is 11.8 Å². The Morgan fingerprint density at radius 3 is 2.46 bits per heavy atom. The fraction of sp³-hybridized carbons (Fsp3) is 0.381. The second kappa shape index (κ2) is 7.43. The van der Waals surface area contributed by atoms with Crippen molar-refractivity contribution in [3.8, 4) is 16.9 Å². The van der Waals surface area contributed by atoms with Gasteiger partial charge in [-0.15, -0.1) is 0 Å². The van der Waals surface area contributed by atoms with E-state index in [1.165, 1.54) is 11.1 Å². The van der Waals surface area contributed by atoms with Crippen LogP contribution in [0.1, 0.15) is 26.0 Å². The third-order valence-corrected chi connectivity index (χ3v) is 5.47. The normalized spacial score (nSPS) is 19.8. The van der Waals surface area contributed by atoms with Gasteiger partial charge in [-0.3, -0.25) is 9.89 Å². The third kappa shape index (κ3) is 3.69. The lowest BCUT2D eigenvalue weighted by molar-refractivity contribution is 0.353. The van der Waals surface area contributed by atoms with Gasteiger partial charge in [0.1, 0.15) is 0 Å². The summed E-state index contributed by atoms with van der Waals surface area (Å²) in [4.78, 5) is 24.0. The summed E-state index contributed by atoms with van der Waals surface area (Å²) in [6.45, 7) is 8.46. The van der Waals surface area contributed by atoms with Crippen molar-refractivity contribution in [3.63, 3.8) is 0 Å². The number of nitrogens with zero attached hydrogens (tertiary/aromatic N) is 4. The minimum atomic E-state index is -0.139. The quantitative estimate of drug-likeness (QED) is 0.723. The van der Waals surface area contributed by atoms with E-state index in [1.807, 2.05) is 6.92 Å². The van der Waals surface area contributed by atoms with Gasteiger partial charge in [0.25, 0.3) is 5.56 Å². The number of aryl methyl sites for hydroxylation is 1. The molecule has 2 unspecified atom stereocenters. The summed E-state index contributed by atoms with van der Waals surface area (Å²) < 4.78 is 1.49. The topological polar surface area (TPSA) is 66.8 Å². The highest BCUT2D eigenvalue weighted by molar-refractivity contribution is 6.30. The Bertz CT molecular complexity index is 1030. The van der Waals surface area contributed by atoms with Crippen molar-refractivity contribution in [2.75, 3.05) is 18.0 Å². The third-order valence-electron chi connectivity index (χ3n) is 5.21. The number of nitrogens with one attached hydrogen (secondary N) is 1. The van der Waals surface area contributed by atoms with Gasteiger partial charge in [-0.25, -0.2) is 14.6 Å². The smallest absolute Gasteiger partial charge is 0.271 e. The van der Waals surface area contributed by atoms with Crippen LogP contribution in [0.2, 0.25) is 5.02 Å². The van der Waals surface area contributed by atoms with E-state index in [-0.39, 0.29) is 5.56 Å². The van der Waals surface area contributed by atoms with E-state index in [0.29, 0.717) is 22.6 Å². The van der Waals surface area contributed by atoms with Gasteiger partial charge in [0.2, 0.25) is 5.95 Å². The van der Waals surface area contributed by atoms with Gasteiger partial charge in [0.15, 0.2) is 0 Å². The molecular formula is C21H24ClN5O. The number of benzene rings is 1. The van der Waals surface area contributed by atoms with Gasteiger partial charge in [0, 0.05) is 35.9 Å². The number of anilines is 1. The highest BCUT2D eigenvalue weighted by atomic mass is 35.5. The zero-order chi connectivity index (χ0) is 19.8. The number of halogens is 1. The van der Waals surface area contributed by atoms with Gasteiger partial charge in [-0.2, -0.15) is 0 Å². The number of aromatic amines is 1. The molecule has 0 amide bonds. The molecule has 7 heteroatoms. The van der Waals surface area contributed by atoms with E-state index in [4.69, 9.17) is 16.6 Å². The zero-order valence-corrected chi connectivity index (χ0v) is 17.1. The molecule has 28 heavy (non-hydrogen) atoms. The Kier molecular flexibility index (Phi) is 4.98. The molecule has 1 aliphatic rings. The number of hydrogen-bond acceptors (Lipinski definition) is 4. The Morgan fingerprint density at radius 2 is 1.82 bits per heavy atom. The summed E-state index contributed by atoms with van der Waals surface area (Å²) in [5.74, 6) is 2.04. The molecule has 3 heterocycles. The van der Waals surface area contributed by atoms with E-state index in [0.717, 1.165) is 36.0 Å². The lowest BCUT2D eigenvalue weighted by Crippen LogP contribution is -2.39. The molecule has 1 N–H and O–H groups in total. The highest BCUT2D eigenvalue weighted by Crippen LogP contribution is 2.26. The van der Waals surface area contributed by atoms with Crippen LogP contribution in [0.4, 0.5) is 5.95 Å². The van der Waals surface area contributed by atoms with Crippen molar-refractivity contribution in [1.82, 2.24) is 19.7 Å². The Balaban J connectivity index is 1.64. The predicted octanol–water partition coefficient (Wildman–Crippen LogP) is 4.07. The highest BCUT2D eigenvalue weighted by Gasteiger charge is 2.24. The molecule has 1 saturated heterocycles. The van der Waals surface area contributed by atoms with Crippen LogP contribution in [0.3, 0.4) is 0 Å². The molecule has 0 aliphatic carbocycles. The zero-order valence-electron chi connectivity index (χ0n) is 16.3. The number of H-pyrrole nitrogens is 1. The minimum Gasteiger partial charge on any atom is -0.340 e. The fourth-order valence-corrected chi connectivity index (χ4v) is 4.14. The monoisotopic (exact) mass is 397 g/mol. The predicted molar refractivity (Wildman–Crippen MR) is 112 cm³/mol. The molecule has 0 radical (unpaired) electrons. The van der Waals surface area contributed by atoms with Gasteiger partial charge in [-0.1, -0.05) is 25.4 Å². The van der Waals surface area contributed by atoms with Crippen LogP contribution >= 0.6 is 11.6 Å². The fourth-order valence-electron chi connectivity index (χ4n) is 4.01. The molecule has 0 spiro atoms. The van der Waals surface area contributed by atoms with Gasteiger partial charge < -0.3 is 4.90 Å². The summed E-state index contributed by atoms with van der Waals surface area (Å²) in [6, 6.07) is 8.69. The van der Waals surface area contributed by atoms with Crippen LogP contribution in [0.15, 0.2) is 41.3 Å². The summed E-state index contributed by atoms with van der Waals surface area (Å²) in [6.07, 6.45) is 3.05. The van der Waals surface area contributed by atoms with Gasteiger partial charge in [0.05, 0.1) is 17.1 Å². The average Bonchev–Trinajstić information content (AvgIpc) is 3.03. The van der Waals surface area contributed by atoms with Gasteiger partial charge in [-0.05, 0) is 49.4 Å². The van der Waals surface area contributed by atoms with E-state index >= 15 is 0 Å². The van der Waals surface area contributed by atoms with Crippen LogP contribution in [0.5, 0.6) is 0 Å². The standard InChI is InChI=1S/C21H24ClN5O/c1-13-8-14(2)12-26(11-13)21-23-10-18(15(3)24-21)19-9-20(28)27(25-19)17-6-4-16(22)5-7-17/h4-7,9-10,13-14,25H,8,11-12H2,1-3H3. The molecule has 1 aromatic carbocycles. The van der Waals surface area contributed by atoms with Gasteiger partial charge >= 0.3 is 0 Å². The molecule has 2 aromatic heterocycles. The molecular weight excluding hydrogens is 374 g/mol. The maximum Gasteiger partial charge on any atom is 0.271 e. The molecule has 3 aromatic rings. The Morgan fingerprint density at radius 1 is 1.14 bits per heavy atom. The maximum atomic E-state index is 12.4. The van der Waals surface area contributed by atoms with Crippen molar-refractivity contribution < 1.29 is 0 Å². The Hall–Kier alpha value is -2.60. The van der Waals surface area contributed by atoms with E-state index in [2.05, 4.69) is 28.8 Å². The molecule has 2 atom stereocenters. The SMILES string of the molecule is Cc1nc(N2CC(C)CC(C)C2)ncc1-c1cc(=O)n(-c2ccc(Cl)cc2)[nH]1. The summed E-state index contributed by atoms with van der Waals surface area (Å²) in [5, 5.41) is 3.78. The summed E-state index contributed by atoms with van der Waals surface area (Å²) >= 11 is 5.94. The largest absolute Gasteiger partial charge is 0.340 e. The maximum absolute atomic E-state index is 12.4. The van der Waals surface area contributed by atoms with Crippen LogP contribution in [-0.4, -0.2) is 32.8 Å². The van der Waals surface area contributed by atoms with Crippen molar-refractivity contribution in [1.29, 1.82) is 0 Å². The minimum absolute atomic E-state index is 0.139. The first kappa shape index (κ1) is 18.7. The number of hydrogen-bond donors (Lipinski definition) is 1. The number of aromatic nitrogens is 4. The first-order valence-electron chi connectivity index (χ1n) is 9.57. The van der Waals surface area contributed by atoms with Crippen LogP contribution < -0.4 is 10.5 Å². The molecule has 0 saturated carbocycles. The van der Waals surface area contributed by atoms with Crippen LogP contribution in [0.25, 0.3) is 16.9 Å². The molecule has 6 nitrogen and oxygen atoms in total. The van der Waals surface area contributed by atoms with E-state index in [1.54, 1.807) is 36.5 Å². The van der Waals surface area contributed by atoms with Crippen molar-refractivity contribution in [2.45, 2.75) is 27.2 Å². The van der Waals surface area contributed by atoms with Crippen molar-refractivity contribution in [3.05, 3.63) is 57.6 Å². The lowest BCUT2D eigenvalue weighted by atomic mass is 9.92. The summed E-state index contributed by atoms with van der Waals surface area (Å²) in [5.41, 5.74) is 2.96. The Labute approximate surface area is 169 Å². The molecule has 146 valence electrons. The lowest BCUT2D eigenvalue weighted by Gasteiger charge is -2.35. The molecule has 0 bridgehead atoms. The van der Waals surface area contributed by atoms with Crippen LogP contribution in [-0.2, 0) is 0 Å². The second-order valence-corrected chi connectivity index (χ2v) is 8.28. The molecule has 1 fully saturated rings. The average molecular weight is 398 g/mol. The molecule has 4 rings (SSSR count). The molecule has 1 aliphatic heterocycles. The second-order valence-electron chi connectivity index (χ2n) is 7.84. The first-order chi connectivity index (χ1) is 13.4. The number of piperidine rings is 1. The number of rotatable bonds is 3.